The number of phenols is 1. The minimum atomic E-state index is -1.03. The number of ether oxygens (including phenoxy) is 2. The first-order valence-corrected chi connectivity index (χ1v) is 8.89. The van der Waals surface area contributed by atoms with Crippen molar-refractivity contribution in [3.63, 3.8) is 0 Å². The zero-order valence-electron chi connectivity index (χ0n) is 14.3. The Hall–Kier alpha value is -1.59. The highest BCUT2D eigenvalue weighted by Gasteiger charge is 2.60. The molecule has 2 bridgehead atoms. The van der Waals surface area contributed by atoms with E-state index in [-0.39, 0.29) is 11.2 Å². The van der Waals surface area contributed by atoms with Crippen molar-refractivity contribution in [3.8, 4) is 11.5 Å². The number of fused-ring (bicyclic) bond motifs is 1. The number of aromatic hydroxyl groups is 1. The number of hydrogen-bond acceptors (Lipinski definition) is 4. The molecule has 2 N–H and O–H groups in total. The molecular formula is C19H24NO4+. The van der Waals surface area contributed by atoms with Crippen LogP contribution in [0.5, 0.6) is 11.5 Å². The summed E-state index contributed by atoms with van der Waals surface area (Å²) in [5.41, 5.74) is 5.01. The molecule has 5 nitrogen and oxygen atoms in total. The van der Waals surface area contributed by atoms with Crippen LogP contribution in [0.4, 0.5) is 0 Å². The predicted octanol–water partition coefficient (Wildman–Crippen LogP) is 1.69. The number of aliphatic hydroxyl groups excluding tert-OH is 1. The Kier molecular flexibility index (Phi) is 2.78. The summed E-state index contributed by atoms with van der Waals surface area (Å²) in [6, 6.07) is 1.86. The van der Waals surface area contributed by atoms with Gasteiger partial charge in [0.25, 0.3) is 0 Å². The summed E-state index contributed by atoms with van der Waals surface area (Å²) in [6.07, 6.45) is 4.60. The van der Waals surface area contributed by atoms with E-state index >= 15 is 0 Å². The minimum absolute atomic E-state index is 0.0622. The molecule has 5 rings (SSSR count). The topological polar surface area (TPSA) is 61.9 Å². The van der Waals surface area contributed by atoms with Gasteiger partial charge in [0.15, 0.2) is 17.2 Å². The van der Waals surface area contributed by atoms with Crippen molar-refractivity contribution in [2.75, 3.05) is 20.7 Å². The number of benzene rings is 1. The third-order valence-corrected chi connectivity index (χ3v) is 6.79. The number of phenolic OH excluding ortho intramolecular Hbond substituents is 1. The molecule has 5 heteroatoms. The minimum Gasteiger partial charge on any atom is -0.504 e. The summed E-state index contributed by atoms with van der Waals surface area (Å²) < 4.78 is 14.2. The van der Waals surface area contributed by atoms with E-state index in [1.165, 1.54) is 22.4 Å². The molecule has 1 spiro atoms. The maximum Gasteiger partial charge on any atom is 0.237 e. The Balaban J connectivity index is 1.84. The van der Waals surface area contributed by atoms with E-state index in [0.717, 1.165) is 32.2 Å². The smallest absolute Gasteiger partial charge is 0.237 e. The van der Waals surface area contributed by atoms with E-state index in [4.69, 9.17) is 9.47 Å². The Morgan fingerprint density at radius 1 is 1.33 bits per heavy atom. The van der Waals surface area contributed by atoms with Crippen LogP contribution in [0.25, 0.3) is 0 Å². The monoisotopic (exact) mass is 330 g/mol. The number of nitrogens with zero attached hydrogens (tertiary/aromatic N) is 1. The molecule has 24 heavy (non-hydrogen) atoms. The second kappa shape index (κ2) is 4.52. The van der Waals surface area contributed by atoms with Crippen molar-refractivity contribution in [1.82, 2.24) is 0 Å². The first kappa shape index (κ1) is 14.7. The van der Waals surface area contributed by atoms with E-state index in [9.17, 15) is 10.2 Å². The molecule has 0 aromatic heterocycles. The quantitative estimate of drug-likeness (QED) is 0.769. The Morgan fingerprint density at radius 3 is 2.96 bits per heavy atom. The van der Waals surface area contributed by atoms with Crippen LogP contribution in [0.15, 0.2) is 6.07 Å². The van der Waals surface area contributed by atoms with Gasteiger partial charge in [-0.25, -0.2) is 4.58 Å². The van der Waals surface area contributed by atoms with E-state index in [2.05, 4.69) is 11.6 Å². The highest BCUT2D eigenvalue weighted by atomic mass is 16.7. The summed E-state index contributed by atoms with van der Waals surface area (Å²) >= 11 is 0. The maximum absolute atomic E-state index is 10.7. The molecule has 2 heterocycles. The SMILES string of the molecule is CO[C@]12C[C@]3(CCC4=[N+](C)CCc5cc(O)c(c3c54)O1)CC[C@H]2O. The van der Waals surface area contributed by atoms with Gasteiger partial charge in [-0.2, -0.15) is 0 Å². The van der Waals surface area contributed by atoms with Crippen molar-refractivity contribution in [2.45, 2.75) is 55.8 Å². The average Bonchev–Trinajstić information content (AvgIpc) is 2.59. The van der Waals surface area contributed by atoms with Crippen molar-refractivity contribution in [1.29, 1.82) is 0 Å². The van der Waals surface area contributed by atoms with Crippen LogP contribution in [0.3, 0.4) is 0 Å². The number of methoxy groups -OCH3 is 1. The van der Waals surface area contributed by atoms with E-state index < -0.39 is 11.9 Å². The molecule has 0 saturated heterocycles. The van der Waals surface area contributed by atoms with E-state index in [1.807, 2.05) is 6.07 Å². The fourth-order valence-electron chi connectivity index (χ4n) is 5.52. The number of rotatable bonds is 1. The van der Waals surface area contributed by atoms with Crippen molar-refractivity contribution >= 4 is 5.71 Å². The highest BCUT2D eigenvalue weighted by molar-refractivity contribution is 6.03. The molecule has 0 unspecified atom stereocenters. The summed E-state index contributed by atoms with van der Waals surface area (Å²) in [4.78, 5) is 0. The van der Waals surface area contributed by atoms with Gasteiger partial charge in [-0.3, -0.25) is 0 Å². The first-order chi connectivity index (χ1) is 11.5. The Morgan fingerprint density at radius 2 is 2.17 bits per heavy atom. The van der Waals surface area contributed by atoms with Gasteiger partial charge < -0.3 is 19.7 Å². The number of aliphatic hydroxyl groups is 1. The van der Waals surface area contributed by atoms with Crippen LogP contribution >= 0.6 is 0 Å². The summed E-state index contributed by atoms with van der Waals surface area (Å²) in [6.45, 7) is 0.995. The maximum atomic E-state index is 10.7. The lowest BCUT2D eigenvalue weighted by Gasteiger charge is -2.55. The van der Waals surface area contributed by atoms with Gasteiger partial charge in [-0.15, -0.1) is 0 Å². The average molecular weight is 330 g/mol. The lowest BCUT2D eigenvalue weighted by atomic mass is 9.57. The fourth-order valence-corrected chi connectivity index (χ4v) is 5.52. The molecule has 0 amide bonds. The van der Waals surface area contributed by atoms with Gasteiger partial charge in [0.05, 0.1) is 5.56 Å². The molecular weight excluding hydrogens is 306 g/mol. The standard InChI is InChI=1S/C19H23NO4/c1-20-8-5-11-9-13(21)17-16-15(11)12(20)3-6-18(16)7-4-14(22)19(10-18,23-2)24-17/h9,14,22H,3-8,10H2,1-2H3/p+1/t14-,18+,19-/m1/s1. The van der Waals surface area contributed by atoms with Crippen molar-refractivity contribution in [2.24, 2.45) is 0 Å². The molecule has 1 aromatic carbocycles. The fraction of sp³-hybridized carbons (Fsp3) is 0.632. The molecule has 128 valence electrons. The zero-order chi connectivity index (χ0) is 16.7. The predicted molar refractivity (Wildman–Crippen MR) is 88.1 cm³/mol. The van der Waals surface area contributed by atoms with Crippen LogP contribution in [0, 0.1) is 0 Å². The van der Waals surface area contributed by atoms with Gasteiger partial charge in [0, 0.05) is 37.4 Å². The largest absolute Gasteiger partial charge is 0.504 e. The number of likely N-dealkylation sites (N-methyl/N-ethyl adjacent to an activating group) is 1. The van der Waals surface area contributed by atoms with Crippen LogP contribution in [0.1, 0.15) is 48.8 Å². The van der Waals surface area contributed by atoms with Crippen molar-refractivity contribution < 1.29 is 24.3 Å². The lowest BCUT2D eigenvalue weighted by molar-refractivity contribution is -0.499. The van der Waals surface area contributed by atoms with Crippen LogP contribution < -0.4 is 4.74 Å². The van der Waals surface area contributed by atoms with Crippen LogP contribution in [-0.4, -0.2) is 53.1 Å². The van der Waals surface area contributed by atoms with E-state index in [1.54, 1.807) is 7.11 Å². The Labute approximate surface area is 141 Å². The molecule has 4 aliphatic rings. The molecule has 1 fully saturated rings. The molecule has 1 aromatic rings. The molecule has 2 aliphatic carbocycles. The van der Waals surface area contributed by atoms with Gasteiger partial charge in [0.2, 0.25) is 5.79 Å². The molecule has 0 radical (unpaired) electrons. The summed E-state index contributed by atoms with van der Waals surface area (Å²) in [7, 11) is 3.75. The first-order valence-electron chi connectivity index (χ1n) is 8.89. The third-order valence-electron chi connectivity index (χ3n) is 6.79. The Bertz CT molecular complexity index is 786. The second-order valence-electron chi connectivity index (χ2n) is 7.88. The molecule has 3 atom stereocenters. The van der Waals surface area contributed by atoms with Gasteiger partial charge in [0.1, 0.15) is 19.7 Å². The molecule has 2 aliphatic heterocycles. The normalized spacial score (nSPS) is 36.2. The van der Waals surface area contributed by atoms with Gasteiger partial charge in [-0.05, 0) is 30.9 Å². The summed E-state index contributed by atoms with van der Waals surface area (Å²) in [5, 5.41) is 21.2. The zero-order valence-corrected chi connectivity index (χ0v) is 14.3. The van der Waals surface area contributed by atoms with E-state index in [0.29, 0.717) is 18.6 Å². The van der Waals surface area contributed by atoms with Gasteiger partial charge >= 0.3 is 0 Å². The molecule has 1 saturated carbocycles. The summed E-state index contributed by atoms with van der Waals surface area (Å²) in [5.74, 6) is -0.308. The van der Waals surface area contributed by atoms with Gasteiger partial charge in [-0.1, -0.05) is 0 Å². The third kappa shape index (κ3) is 1.60. The lowest BCUT2D eigenvalue weighted by Crippen LogP contribution is -2.61. The highest BCUT2D eigenvalue weighted by Crippen LogP contribution is 2.60. The second-order valence-corrected chi connectivity index (χ2v) is 7.88. The van der Waals surface area contributed by atoms with Crippen molar-refractivity contribution in [3.05, 3.63) is 22.8 Å². The van der Waals surface area contributed by atoms with Crippen LogP contribution in [0.2, 0.25) is 0 Å². The van der Waals surface area contributed by atoms with Crippen LogP contribution in [-0.2, 0) is 16.6 Å². The number of hydrogen-bond donors (Lipinski definition) is 2.